The molecule has 1 aliphatic carbocycles. The number of unbranched alkanes of at least 4 members (excludes halogenated alkanes) is 3. The maximum Gasteiger partial charge on any atom is 0.338 e. The molecule has 2 aromatic rings. The van der Waals surface area contributed by atoms with Crippen LogP contribution in [0.25, 0.3) is 6.08 Å². The van der Waals surface area contributed by atoms with Crippen LogP contribution in [-0.2, 0) is 25.6 Å². The van der Waals surface area contributed by atoms with Gasteiger partial charge in [-0.3, -0.25) is 0 Å². The molecule has 198 valence electrons. The van der Waals surface area contributed by atoms with Gasteiger partial charge in [0.1, 0.15) is 12.7 Å². The molecule has 1 fully saturated rings. The first-order valence-electron chi connectivity index (χ1n) is 13.0. The van der Waals surface area contributed by atoms with E-state index < -0.39 is 5.97 Å². The van der Waals surface area contributed by atoms with Crippen molar-refractivity contribution < 1.29 is 23.8 Å². The molecule has 0 saturated heterocycles. The zero-order valence-corrected chi connectivity index (χ0v) is 21.4. The van der Waals surface area contributed by atoms with Gasteiger partial charge >= 0.3 is 11.9 Å². The molecular weight excluding hydrogens is 468 g/mol. The lowest BCUT2D eigenvalue weighted by molar-refractivity contribution is -0.138. The van der Waals surface area contributed by atoms with Crippen LogP contribution in [0.4, 0.5) is 11.4 Å². The topological polar surface area (TPSA) is 114 Å². The largest absolute Gasteiger partial charge is 0.459 e. The van der Waals surface area contributed by atoms with Gasteiger partial charge in [-0.1, -0.05) is 24.6 Å². The van der Waals surface area contributed by atoms with Crippen LogP contribution < -0.4 is 11.5 Å². The lowest BCUT2D eigenvalue weighted by Gasteiger charge is -2.28. The molecule has 0 bridgehead atoms. The van der Waals surface area contributed by atoms with Crippen molar-refractivity contribution in [3.63, 3.8) is 0 Å². The summed E-state index contributed by atoms with van der Waals surface area (Å²) >= 11 is 0. The Morgan fingerprint density at radius 1 is 0.919 bits per heavy atom. The highest BCUT2D eigenvalue weighted by Gasteiger charge is 2.24. The molecule has 0 aliphatic heterocycles. The Labute approximate surface area is 219 Å². The number of anilines is 2. The highest BCUT2D eigenvalue weighted by Crippen LogP contribution is 2.25. The van der Waals surface area contributed by atoms with Crippen LogP contribution in [0.2, 0.25) is 0 Å². The van der Waals surface area contributed by atoms with E-state index in [0.717, 1.165) is 62.7 Å². The fourth-order valence-electron chi connectivity index (χ4n) is 4.28. The summed E-state index contributed by atoms with van der Waals surface area (Å²) in [5.74, 6) is -0.820. The second-order valence-electron chi connectivity index (χ2n) is 9.38. The van der Waals surface area contributed by atoms with E-state index in [-0.39, 0.29) is 24.8 Å². The summed E-state index contributed by atoms with van der Waals surface area (Å²) in [6.07, 6.45) is 13.0. The minimum atomic E-state index is -0.489. The highest BCUT2D eigenvalue weighted by molar-refractivity contribution is 5.90. The van der Waals surface area contributed by atoms with Crippen LogP contribution in [0.5, 0.6) is 0 Å². The predicted molar refractivity (Wildman–Crippen MR) is 147 cm³/mol. The normalized spacial score (nSPS) is 17.4. The number of carbonyl (C=O) groups excluding carboxylic acids is 2. The lowest BCUT2D eigenvalue weighted by atomic mass is 9.95. The van der Waals surface area contributed by atoms with Crippen molar-refractivity contribution in [2.45, 2.75) is 70.2 Å². The number of allylic oxidation sites excluding steroid dienone is 1. The predicted octanol–water partition coefficient (Wildman–Crippen LogP) is 5.84. The summed E-state index contributed by atoms with van der Waals surface area (Å²) in [5.41, 5.74) is 14.5. The Kier molecular flexibility index (Phi) is 11.2. The van der Waals surface area contributed by atoms with Crippen molar-refractivity contribution >= 4 is 29.4 Å². The Balaban J connectivity index is 1.36. The molecule has 2 aromatic carbocycles. The van der Waals surface area contributed by atoms with Gasteiger partial charge in [-0.15, -0.1) is 6.58 Å². The van der Waals surface area contributed by atoms with Gasteiger partial charge in [0.15, 0.2) is 0 Å². The van der Waals surface area contributed by atoms with E-state index >= 15 is 0 Å². The molecule has 4 N–H and O–H groups in total. The van der Waals surface area contributed by atoms with Gasteiger partial charge in [0, 0.05) is 24.1 Å². The number of hydrogen-bond acceptors (Lipinski definition) is 7. The minimum Gasteiger partial charge on any atom is -0.459 e. The molecule has 0 atom stereocenters. The monoisotopic (exact) mass is 506 g/mol. The average molecular weight is 507 g/mol. The van der Waals surface area contributed by atoms with E-state index in [1.807, 2.05) is 6.08 Å². The second-order valence-corrected chi connectivity index (χ2v) is 9.38. The summed E-state index contributed by atoms with van der Waals surface area (Å²) in [4.78, 5) is 24.6. The number of nitrogens with two attached hydrogens (primary N) is 2. The number of nitrogen functional groups attached to an aromatic ring is 2. The van der Waals surface area contributed by atoms with E-state index in [2.05, 4.69) is 6.58 Å². The number of carbonyl (C=O) groups is 2. The first-order valence-corrected chi connectivity index (χ1v) is 13.0. The van der Waals surface area contributed by atoms with Gasteiger partial charge in [0.25, 0.3) is 0 Å². The van der Waals surface area contributed by atoms with E-state index in [0.29, 0.717) is 16.9 Å². The van der Waals surface area contributed by atoms with Crippen LogP contribution >= 0.6 is 0 Å². The molecule has 0 heterocycles. The van der Waals surface area contributed by atoms with Gasteiger partial charge in [-0.2, -0.15) is 0 Å². The quantitative estimate of drug-likeness (QED) is 0.115. The smallest absolute Gasteiger partial charge is 0.338 e. The second kappa shape index (κ2) is 14.9. The summed E-state index contributed by atoms with van der Waals surface area (Å²) in [6.45, 7) is 4.61. The molecule has 3 rings (SSSR count). The number of benzene rings is 2. The van der Waals surface area contributed by atoms with E-state index in [9.17, 15) is 9.59 Å². The van der Waals surface area contributed by atoms with Crippen molar-refractivity contribution in [3.8, 4) is 0 Å². The Morgan fingerprint density at radius 2 is 1.59 bits per heavy atom. The van der Waals surface area contributed by atoms with Gasteiger partial charge < -0.3 is 25.7 Å². The third kappa shape index (κ3) is 10.1. The maximum atomic E-state index is 12.6. The Hall–Kier alpha value is -3.58. The van der Waals surface area contributed by atoms with Crippen LogP contribution in [0.15, 0.2) is 61.2 Å². The molecule has 1 aliphatic rings. The van der Waals surface area contributed by atoms with Gasteiger partial charge in [-0.05, 0) is 92.5 Å². The SMILES string of the molecule is C=CCCCCCOC1CCC(OC(=O)c2ccc(/C=C/C(=O)OCc3cc(N)cc(N)c3)cc2)CC1. The standard InChI is InChI=1S/C30H38N2O5/c1-2-3-4-5-6-17-35-27-12-14-28(15-13-27)37-30(34)24-10-7-22(8-11-24)9-16-29(33)36-21-23-18-25(31)20-26(32)19-23/h2,7-11,16,18-20,27-28H,1,3-6,12-15,17,21,31-32H2/b16-9+. The fraction of sp³-hybridized carbons (Fsp3) is 0.400. The fourth-order valence-corrected chi connectivity index (χ4v) is 4.28. The zero-order valence-electron chi connectivity index (χ0n) is 21.4. The summed E-state index contributed by atoms with van der Waals surface area (Å²) in [6, 6.07) is 12.0. The maximum absolute atomic E-state index is 12.6. The molecule has 7 nitrogen and oxygen atoms in total. The van der Waals surface area contributed by atoms with Crippen molar-refractivity contribution in [2.75, 3.05) is 18.1 Å². The van der Waals surface area contributed by atoms with Crippen molar-refractivity contribution in [1.82, 2.24) is 0 Å². The van der Waals surface area contributed by atoms with Crippen LogP contribution in [-0.4, -0.2) is 30.8 Å². The zero-order chi connectivity index (χ0) is 26.5. The van der Waals surface area contributed by atoms with Crippen molar-refractivity contribution in [3.05, 3.63) is 77.9 Å². The first kappa shape index (κ1) is 28.0. The summed E-state index contributed by atoms with van der Waals surface area (Å²) in [7, 11) is 0. The third-order valence-corrected chi connectivity index (χ3v) is 6.28. The number of esters is 2. The number of ether oxygens (including phenoxy) is 3. The minimum absolute atomic E-state index is 0.0767. The van der Waals surface area contributed by atoms with Crippen LogP contribution in [0.3, 0.4) is 0 Å². The van der Waals surface area contributed by atoms with Gasteiger partial charge in [-0.25, -0.2) is 9.59 Å². The molecule has 37 heavy (non-hydrogen) atoms. The molecule has 1 saturated carbocycles. The Morgan fingerprint density at radius 3 is 2.27 bits per heavy atom. The molecule has 0 radical (unpaired) electrons. The molecule has 7 heteroatoms. The highest BCUT2D eigenvalue weighted by atomic mass is 16.5. The van der Waals surface area contributed by atoms with E-state index in [4.69, 9.17) is 25.7 Å². The van der Waals surface area contributed by atoms with Crippen LogP contribution in [0.1, 0.15) is 72.9 Å². The summed E-state index contributed by atoms with van der Waals surface area (Å²) in [5, 5.41) is 0. The molecule has 0 amide bonds. The molecular formula is C30H38N2O5. The van der Waals surface area contributed by atoms with E-state index in [1.54, 1.807) is 48.5 Å². The van der Waals surface area contributed by atoms with Gasteiger partial charge in [0.2, 0.25) is 0 Å². The van der Waals surface area contributed by atoms with E-state index in [1.165, 1.54) is 12.5 Å². The third-order valence-electron chi connectivity index (χ3n) is 6.28. The Bertz CT molecular complexity index is 1040. The number of rotatable bonds is 13. The molecule has 0 spiro atoms. The average Bonchev–Trinajstić information content (AvgIpc) is 2.89. The van der Waals surface area contributed by atoms with Crippen LogP contribution in [0, 0.1) is 0 Å². The molecule has 0 aromatic heterocycles. The van der Waals surface area contributed by atoms with Gasteiger partial charge in [0.05, 0.1) is 11.7 Å². The van der Waals surface area contributed by atoms with Crippen molar-refractivity contribution in [1.29, 1.82) is 0 Å². The molecule has 0 unspecified atom stereocenters. The lowest BCUT2D eigenvalue weighted by Crippen LogP contribution is -2.28. The number of hydrogen-bond donors (Lipinski definition) is 2. The first-order chi connectivity index (χ1) is 17.9. The summed E-state index contributed by atoms with van der Waals surface area (Å²) < 4.78 is 16.9. The van der Waals surface area contributed by atoms with Crippen molar-refractivity contribution in [2.24, 2.45) is 0 Å².